The number of nitrogens with zero attached hydrogens (tertiary/aromatic N) is 2. The molecule has 0 spiro atoms. The summed E-state index contributed by atoms with van der Waals surface area (Å²) in [4.78, 5) is 4.26. The largest absolute Gasteiger partial charge is 0.392 e. The third-order valence-electron chi connectivity index (χ3n) is 3.16. The van der Waals surface area contributed by atoms with Gasteiger partial charge in [0, 0.05) is 38.4 Å². The molecule has 1 aliphatic rings. The van der Waals surface area contributed by atoms with Crippen molar-refractivity contribution in [3.8, 4) is 0 Å². The van der Waals surface area contributed by atoms with Crippen LogP contribution in [0.3, 0.4) is 0 Å². The third kappa shape index (κ3) is 2.58. The molecule has 84 valence electrons. The summed E-state index contributed by atoms with van der Waals surface area (Å²) in [5, 5.41) is 13.0. The molecule has 2 rings (SSSR count). The SMILES string of the molecule is Cn1ccnc1CCN[C@H]1CCC[C@@H]1O. The lowest BCUT2D eigenvalue weighted by Crippen LogP contribution is -2.37. The Bertz CT molecular complexity index is 311. The van der Waals surface area contributed by atoms with Gasteiger partial charge in [0.2, 0.25) is 0 Å². The molecule has 15 heavy (non-hydrogen) atoms. The molecular weight excluding hydrogens is 190 g/mol. The van der Waals surface area contributed by atoms with Crippen LogP contribution in [0.2, 0.25) is 0 Å². The van der Waals surface area contributed by atoms with Gasteiger partial charge >= 0.3 is 0 Å². The van der Waals surface area contributed by atoms with Gasteiger partial charge in [0.1, 0.15) is 5.82 Å². The van der Waals surface area contributed by atoms with E-state index in [1.807, 2.05) is 24.0 Å². The molecule has 1 aromatic heterocycles. The molecule has 0 bridgehead atoms. The zero-order valence-electron chi connectivity index (χ0n) is 9.19. The lowest BCUT2D eigenvalue weighted by atomic mass is 10.2. The number of hydrogen-bond acceptors (Lipinski definition) is 3. The minimum Gasteiger partial charge on any atom is -0.392 e. The highest BCUT2D eigenvalue weighted by Crippen LogP contribution is 2.18. The highest BCUT2D eigenvalue weighted by atomic mass is 16.3. The standard InChI is InChI=1S/C11H19N3O/c1-14-8-7-13-11(14)5-6-12-9-3-2-4-10(9)15/h7-10,12,15H,2-6H2,1H3/t9-,10-/m0/s1. The van der Waals surface area contributed by atoms with Crippen molar-refractivity contribution < 1.29 is 5.11 Å². The second kappa shape index (κ2) is 4.77. The van der Waals surface area contributed by atoms with E-state index in [1.54, 1.807) is 0 Å². The average Bonchev–Trinajstić information content (AvgIpc) is 2.78. The van der Waals surface area contributed by atoms with Crippen LogP contribution in [0.25, 0.3) is 0 Å². The van der Waals surface area contributed by atoms with Gasteiger partial charge in [-0.15, -0.1) is 0 Å². The molecule has 1 fully saturated rings. The van der Waals surface area contributed by atoms with Gasteiger partial charge in [-0.2, -0.15) is 0 Å². The highest BCUT2D eigenvalue weighted by Gasteiger charge is 2.24. The van der Waals surface area contributed by atoms with Crippen LogP contribution in [0, 0.1) is 0 Å². The summed E-state index contributed by atoms with van der Waals surface area (Å²) in [5.41, 5.74) is 0. The molecule has 0 radical (unpaired) electrons. The van der Waals surface area contributed by atoms with Crippen LogP contribution in [-0.4, -0.2) is 33.3 Å². The fourth-order valence-electron chi connectivity index (χ4n) is 2.19. The van der Waals surface area contributed by atoms with Crippen molar-refractivity contribution >= 4 is 0 Å². The molecule has 1 saturated carbocycles. The van der Waals surface area contributed by atoms with Crippen LogP contribution >= 0.6 is 0 Å². The molecule has 0 amide bonds. The van der Waals surface area contributed by atoms with E-state index in [0.29, 0.717) is 6.04 Å². The van der Waals surface area contributed by atoms with Crippen molar-refractivity contribution in [3.05, 3.63) is 18.2 Å². The summed E-state index contributed by atoms with van der Waals surface area (Å²) in [6, 6.07) is 0.297. The summed E-state index contributed by atoms with van der Waals surface area (Å²) in [6.45, 7) is 0.895. The first-order valence-corrected chi connectivity index (χ1v) is 5.65. The monoisotopic (exact) mass is 209 g/mol. The maximum Gasteiger partial charge on any atom is 0.109 e. The third-order valence-corrected chi connectivity index (χ3v) is 3.16. The van der Waals surface area contributed by atoms with Gasteiger partial charge in [-0.25, -0.2) is 4.98 Å². The molecule has 0 saturated heterocycles. The number of nitrogens with one attached hydrogen (secondary N) is 1. The van der Waals surface area contributed by atoms with Gasteiger partial charge in [0.05, 0.1) is 6.10 Å². The molecule has 1 aromatic rings. The summed E-state index contributed by atoms with van der Waals surface area (Å²) in [5.74, 6) is 1.09. The van der Waals surface area contributed by atoms with Gasteiger partial charge in [-0.1, -0.05) is 0 Å². The number of aliphatic hydroxyl groups excluding tert-OH is 1. The number of hydrogen-bond donors (Lipinski definition) is 2. The number of imidazole rings is 1. The van der Waals surface area contributed by atoms with E-state index in [0.717, 1.165) is 38.1 Å². The maximum atomic E-state index is 9.62. The predicted molar refractivity (Wildman–Crippen MR) is 58.6 cm³/mol. The van der Waals surface area contributed by atoms with Gasteiger partial charge < -0.3 is 15.0 Å². The second-order valence-electron chi connectivity index (χ2n) is 4.26. The van der Waals surface area contributed by atoms with E-state index in [9.17, 15) is 5.11 Å². The molecule has 0 aliphatic heterocycles. The van der Waals surface area contributed by atoms with Crippen molar-refractivity contribution in [3.63, 3.8) is 0 Å². The number of aliphatic hydroxyl groups is 1. The first-order valence-electron chi connectivity index (χ1n) is 5.65. The normalized spacial score (nSPS) is 26.0. The first kappa shape index (κ1) is 10.6. The number of aromatic nitrogens is 2. The summed E-state index contributed by atoms with van der Waals surface area (Å²) < 4.78 is 2.03. The van der Waals surface area contributed by atoms with E-state index in [1.165, 1.54) is 0 Å². The molecule has 1 heterocycles. The molecular formula is C11H19N3O. The molecule has 4 heteroatoms. The summed E-state index contributed by atoms with van der Waals surface area (Å²) in [6.07, 6.45) is 7.74. The van der Waals surface area contributed by atoms with E-state index in [4.69, 9.17) is 0 Å². The van der Waals surface area contributed by atoms with Crippen molar-refractivity contribution in [1.29, 1.82) is 0 Å². The maximum absolute atomic E-state index is 9.62. The first-order chi connectivity index (χ1) is 7.27. The Morgan fingerprint density at radius 1 is 1.60 bits per heavy atom. The molecule has 2 atom stereocenters. The molecule has 0 unspecified atom stereocenters. The molecule has 1 aliphatic carbocycles. The molecule has 4 nitrogen and oxygen atoms in total. The fourth-order valence-corrected chi connectivity index (χ4v) is 2.19. The van der Waals surface area contributed by atoms with Crippen LogP contribution in [0.4, 0.5) is 0 Å². The minimum atomic E-state index is -0.147. The Hall–Kier alpha value is -0.870. The van der Waals surface area contributed by atoms with Crippen LogP contribution in [0.5, 0.6) is 0 Å². The highest BCUT2D eigenvalue weighted by molar-refractivity contribution is 4.92. The van der Waals surface area contributed by atoms with Crippen LogP contribution < -0.4 is 5.32 Å². The smallest absolute Gasteiger partial charge is 0.109 e. The number of rotatable bonds is 4. The quantitative estimate of drug-likeness (QED) is 0.757. The van der Waals surface area contributed by atoms with Gasteiger partial charge in [-0.3, -0.25) is 0 Å². The number of aryl methyl sites for hydroxylation is 1. The summed E-state index contributed by atoms with van der Waals surface area (Å²) >= 11 is 0. The Labute approximate surface area is 90.3 Å². The Kier molecular flexibility index (Phi) is 3.38. The Morgan fingerprint density at radius 3 is 3.07 bits per heavy atom. The van der Waals surface area contributed by atoms with Gasteiger partial charge in [0.25, 0.3) is 0 Å². The lowest BCUT2D eigenvalue weighted by molar-refractivity contribution is 0.149. The average molecular weight is 209 g/mol. The van der Waals surface area contributed by atoms with Crippen molar-refractivity contribution in [2.45, 2.75) is 37.8 Å². The lowest BCUT2D eigenvalue weighted by Gasteiger charge is -2.15. The van der Waals surface area contributed by atoms with E-state index in [-0.39, 0.29) is 6.10 Å². The van der Waals surface area contributed by atoms with Crippen molar-refractivity contribution in [2.24, 2.45) is 7.05 Å². The zero-order valence-corrected chi connectivity index (χ0v) is 9.19. The zero-order chi connectivity index (χ0) is 10.7. The fraction of sp³-hybridized carbons (Fsp3) is 0.727. The predicted octanol–water partition coefficient (Wildman–Crippen LogP) is 0.466. The van der Waals surface area contributed by atoms with Crippen molar-refractivity contribution in [2.75, 3.05) is 6.54 Å². The van der Waals surface area contributed by atoms with E-state index >= 15 is 0 Å². The second-order valence-corrected chi connectivity index (χ2v) is 4.26. The topological polar surface area (TPSA) is 50.1 Å². The van der Waals surface area contributed by atoms with Crippen LogP contribution in [0.1, 0.15) is 25.1 Å². The Morgan fingerprint density at radius 2 is 2.47 bits per heavy atom. The van der Waals surface area contributed by atoms with E-state index < -0.39 is 0 Å². The molecule has 0 aromatic carbocycles. The van der Waals surface area contributed by atoms with Crippen LogP contribution in [0.15, 0.2) is 12.4 Å². The van der Waals surface area contributed by atoms with Crippen LogP contribution in [-0.2, 0) is 13.5 Å². The Balaban J connectivity index is 1.73. The summed E-state index contributed by atoms with van der Waals surface area (Å²) in [7, 11) is 2.01. The van der Waals surface area contributed by atoms with Gasteiger partial charge in [-0.05, 0) is 19.3 Å². The molecule has 2 N–H and O–H groups in total. The van der Waals surface area contributed by atoms with E-state index in [2.05, 4.69) is 10.3 Å². The van der Waals surface area contributed by atoms with Crippen molar-refractivity contribution in [1.82, 2.24) is 14.9 Å². The minimum absolute atomic E-state index is 0.147. The van der Waals surface area contributed by atoms with Gasteiger partial charge in [0.15, 0.2) is 0 Å².